The molecule has 0 saturated heterocycles. The summed E-state index contributed by atoms with van der Waals surface area (Å²) in [6, 6.07) is 0. The first-order valence-corrected chi connectivity index (χ1v) is 10.7. The van der Waals surface area contributed by atoms with Crippen LogP contribution in [-0.2, 0) is 0 Å². The summed E-state index contributed by atoms with van der Waals surface area (Å²) in [5, 5.41) is 2.79. The van der Waals surface area contributed by atoms with E-state index in [1.54, 1.807) is 6.26 Å². The van der Waals surface area contributed by atoms with Gasteiger partial charge in [-0.2, -0.15) is 0 Å². The quantitative estimate of drug-likeness (QED) is 0.571. The van der Waals surface area contributed by atoms with Crippen LogP contribution in [0.25, 0.3) is 0 Å². The Bertz CT molecular complexity index is 942. The van der Waals surface area contributed by atoms with Crippen molar-refractivity contribution in [3.05, 3.63) is 45.7 Å². The fourth-order valence-electron chi connectivity index (χ4n) is 2.14. The first-order valence-electron chi connectivity index (χ1n) is 9.80. The van der Waals surface area contributed by atoms with E-state index in [-0.39, 0.29) is 0 Å². The van der Waals surface area contributed by atoms with Gasteiger partial charge in [-0.25, -0.2) is 15.0 Å². The van der Waals surface area contributed by atoms with Gasteiger partial charge in [-0.1, -0.05) is 53.5 Å². The van der Waals surface area contributed by atoms with E-state index in [1.165, 1.54) is 11.3 Å². The molecule has 1 aliphatic rings. The largest absolute Gasteiger partial charge is 0.438 e. The Labute approximate surface area is 185 Å². The average molecular weight is 420 g/mol. The Balaban J connectivity index is 0.000000225. The third kappa shape index (κ3) is 8.12. The molecule has 0 amide bonds. The van der Waals surface area contributed by atoms with Gasteiger partial charge in [0.05, 0.1) is 17.1 Å². The molecule has 1 aliphatic heterocycles. The molecule has 5 heteroatoms. The van der Waals surface area contributed by atoms with Crippen LogP contribution in [0.2, 0.25) is 0 Å². The van der Waals surface area contributed by atoms with Crippen LogP contribution >= 0.6 is 11.3 Å². The summed E-state index contributed by atoms with van der Waals surface area (Å²) in [7, 11) is 0. The Morgan fingerprint density at radius 3 is 1.87 bits per heavy atom. The number of nitrogens with zero attached hydrogens (tertiary/aromatic N) is 3. The molecular weight excluding hydrogens is 390 g/mol. The van der Waals surface area contributed by atoms with E-state index in [0.717, 1.165) is 34.2 Å². The lowest BCUT2D eigenvalue weighted by Crippen LogP contribution is -1.88. The minimum atomic E-state index is 0.365. The van der Waals surface area contributed by atoms with Crippen LogP contribution in [0.4, 0.5) is 0 Å². The zero-order valence-electron chi connectivity index (χ0n) is 18.6. The van der Waals surface area contributed by atoms with Crippen molar-refractivity contribution in [1.82, 2.24) is 9.97 Å². The second-order valence-electron chi connectivity index (χ2n) is 7.44. The SMILES string of the molecule is C#CC1=NC(C(C)C)=CC1.C#Cc1nc(C(C)C)co1.C#Cc1nc(C(C)C)cs1. The van der Waals surface area contributed by atoms with Crippen LogP contribution in [0.1, 0.15) is 82.1 Å². The minimum Gasteiger partial charge on any atom is -0.438 e. The van der Waals surface area contributed by atoms with Crippen molar-refractivity contribution in [3.8, 4) is 37.0 Å². The van der Waals surface area contributed by atoms with E-state index < -0.39 is 0 Å². The van der Waals surface area contributed by atoms with Gasteiger partial charge in [-0.3, -0.25) is 0 Å². The molecule has 0 aliphatic carbocycles. The average Bonchev–Trinajstić information content (AvgIpc) is 3.48. The third-order valence-corrected chi connectivity index (χ3v) is 4.79. The maximum Gasteiger partial charge on any atom is 0.273 e. The summed E-state index contributed by atoms with van der Waals surface area (Å²) in [5.74, 6) is 9.12. The summed E-state index contributed by atoms with van der Waals surface area (Å²) in [4.78, 5) is 12.5. The van der Waals surface area contributed by atoms with Crippen LogP contribution in [0.15, 0.2) is 32.8 Å². The molecule has 0 atom stereocenters. The zero-order valence-corrected chi connectivity index (χ0v) is 19.4. The summed E-state index contributed by atoms with van der Waals surface area (Å²) in [5.41, 5.74) is 4.00. The molecule has 2 aromatic heterocycles. The van der Waals surface area contributed by atoms with E-state index >= 15 is 0 Å². The molecule has 0 fully saturated rings. The molecule has 0 aromatic carbocycles. The molecule has 3 heterocycles. The number of aromatic nitrogens is 2. The highest BCUT2D eigenvalue weighted by molar-refractivity contribution is 7.10. The number of thiazole rings is 1. The highest BCUT2D eigenvalue weighted by Gasteiger charge is 2.08. The van der Waals surface area contributed by atoms with Crippen molar-refractivity contribution in [2.24, 2.45) is 10.9 Å². The molecule has 4 nitrogen and oxygen atoms in total. The number of terminal acetylenes is 3. The summed E-state index contributed by atoms with van der Waals surface area (Å²) < 4.78 is 4.93. The highest BCUT2D eigenvalue weighted by Crippen LogP contribution is 2.18. The predicted molar refractivity (Wildman–Crippen MR) is 126 cm³/mol. The van der Waals surface area contributed by atoms with Crippen LogP contribution < -0.4 is 0 Å². The van der Waals surface area contributed by atoms with Crippen LogP contribution in [0.3, 0.4) is 0 Å². The molecule has 30 heavy (non-hydrogen) atoms. The van der Waals surface area contributed by atoms with Crippen molar-refractivity contribution in [2.45, 2.75) is 59.8 Å². The van der Waals surface area contributed by atoms with E-state index in [9.17, 15) is 0 Å². The van der Waals surface area contributed by atoms with Gasteiger partial charge >= 0.3 is 0 Å². The van der Waals surface area contributed by atoms with Crippen LogP contribution in [-0.4, -0.2) is 15.7 Å². The summed E-state index contributed by atoms with van der Waals surface area (Å²) in [6.45, 7) is 12.5. The lowest BCUT2D eigenvalue weighted by molar-refractivity contribution is 0.541. The van der Waals surface area contributed by atoms with Gasteiger partial charge < -0.3 is 4.42 Å². The predicted octanol–water partition coefficient (Wildman–Crippen LogP) is 6.03. The minimum absolute atomic E-state index is 0.365. The fourth-order valence-corrected chi connectivity index (χ4v) is 2.92. The molecule has 0 saturated carbocycles. The fraction of sp³-hybridized carbons (Fsp3) is 0.400. The molecule has 0 unspecified atom stereocenters. The number of hydrogen-bond donors (Lipinski definition) is 0. The number of allylic oxidation sites excluding steroid dienone is 2. The standard InChI is InChI=1S/C9H11N.C8H9NO.C8H9NS/c1-4-8-5-6-9(10-8)7(2)3;2*1-4-8-9-7(5-10-8)6(2)3/h1,6-7H,5H2,2-3H3;2*1,5-6H,2-3H3. The van der Waals surface area contributed by atoms with Gasteiger partial charge in [0.2, 0.25) is 0 Å². The Hall–Kier alpha value is -3.07. The maximum absolute atomic E-state index is 5.18. The number of hydrogen-bond acceptors (Lipinski definition) is 5. The molecule has 3 rings (SSSR count). The van der Waals surface area contributed by atoms with Crippen molar-refractivity contribution in [3.63, 3.8) is 0 Å². The van der Waals surface area contributed by atoms with Gasteiger partial charge in [0, 0.05) is 17.5 Å². The molecule has 0 bridgehead atoms. The second-order valence-corrected chi connectivity index (χ2v) is 8.30. The maximum atomic E-state index is 5.18. The molecule has 2 aromatic rings. The van der Waals surface area contributed by atoms with Crippen molar-refractivity contribution >= 4 is 17.0 Å². The monoisotopic (exact) mass is 419 g/mol. The van der Waals surface area contributed by atoms with Gasteiger partial charge in [-0.15, -0.1) is 30.6 Å². The normalized spacial score (nSPS) is 12.1. The zero-order chi connectivity index (χ0) is 22.7. The van der Waals surface area contributed by atoms with Crippen molar-refractivity contribution in [1.29, 1.82) is 0 Å². The number of oxazole rings is 1. The number of rotatable bonds is 3. The van der Waals surface area contributed by atoms with Crippen molar-refractivity contribution < 1.29 is 4.42 Å². The molecule has 156 valence electrons. The Kier molecular flexibility index (Phi) is 10.4. The van der Waals surface area contributed by atoms with Crippen LogP contribution in [0, 0.1) is 42.9 Å². The first kappa shape index (κ1) is 25.0. The van der Waals surface area contributed by atoms with E-state index in [1.807, 2.05) is 19.2 Å². The highest BCUT2D eigenvalue weighted by atomic mass is 32.1. The van der Waals surface area contributed by atoms with E-state index in [0.29, 0.717) is 23.6 Å². The van der Waals surface area contributed by atoms with Crippen LogP contribution in [0.5, 0.6) is 0 Å². The first-order chi connectivity index (χ1) is 14.2. The van der Waals surface area contributed by atoms with Gasteiger partial charge in [0.15, 0.2) is 5.01 Å². The lowest BCUT2D eigenvalue weighted by Gasteiger charge is -1.99. The number of aliphatic imine (C=N–C) groups is 1. The van der Waals surface area contributed by atoms with Gasteiger partial charge in [0.25, 0.3) is 5.89 Å². The lowest BCUT2D eigenvalue weighted by atomic mass is 10.1. The third-order valence-electron chi connectivity index (χ3n) is 4.00. The topological polar surface area (TPSA) is 51.3 Å². The van der Waals surface area contributed by atoms with Gasteiger partial charge in [-0.05, 0) is 29.6 Å². The van der Waals surface area contributed by atoms with E-state index in [2.05, 4.69) is 66.5 Å². The Morgan fingerprint density at radius 1 is 0.900 bits per heavy atom. The molecule has 0 radical (unpaired) electrons. The smallest absolute Gasteiger partial charge is 0.273 e. The molecular formula is C25H29N3OS. The second kappa shape index (κ2) is 12.5. The summed E-state index contributed by atoms with van der Waals surface area (Å²) >= 11 is 1.53. The molecule has 0 spiro atoms. The van der Waals surface area contributed by atoms with Crippen molar-refractivity contribution in [2.75, 3.05) is 0 Å². The summed E-state index contributed by atoms with van der Waals surface area (Å²) in [6.07, 6.45) is 19.9. The van der Waals surface area contributed by atoms with Gasteiger partial charge in [0.1, 0.15) is 6.26 Å². The van der Waals surface area contributed by atoms with E-state index in [4.69, 9.17) is 23.7 Å². The Morgan fingerprint density at radius 2 is 1.57 bits per heavy atom. The molecule has 0 N–H and O–H groups in total.